The highest BCUT2D eigenvalue weighted by Gasteiger charge is 2.45. The van der Waals surface area contributed by atoms with Gasteiger partial charge < -0.3 is 14.3 Å². The molecular formula is C15H19N3O3. The predicted molar refractivity (Wildman–Crippen MR) is 73.4 cm³/mol. The van der Waals surface area contributed by atoms with Crippen molar-refractivity contribution < 1.29 is 14.1 Å². The lowest BCUT2D eigenvalue weighted by molar-refractivity contribution is -0.141. The highest BCUT2D eigenvalue weighted by molar-refractivity contribution is 5.92. The molecule has 1 aromatic heterocycles. The number of piperidine rings is 2. The van der Waals surface area contributed by atoms with Crippen molar-refractivity contribution in [3.63, 3.8) is 0 Å². The number of hydrogen-bond donors (Lipinski definition) is 0. The minimum absolute atomic E-state index is 0.0583. The summed E-state index contributed by atoms with van der Waals surface area (Å²) in [6, 6.07) is 2.41. The summed E-state index contributed by atoms with van der Waals surface area (Å²) in [6.07, 6.45) is 6.14. The molecule has 2 aliphatic heterocycles. The van der Waals surface area contributed by atoms with Crippen LogP contribution in [0.15, 0.2) is 16.9 Å². The third-order valence-corrected chi connectivity index (χ3v) is 4.95. The summed E-state index contributed by atoms with van der Waals surface area (Å²) in [6.45, 7) is 1.43. The van der Waals surface area contributed by atoms with Crippen LogP contribution in [0.4, 0.5) is 0 Å². The molecular weight excluding hydrogens is 270 g/mol. The van der Waals surface area contributed by atoms with E-state index in [9.17, 15) is 9.59 Å². The largest absolute Gasteiger partial charge is 0.364 e. The first-order valence-corrected chi connectivity index (χ1v) is 7.75. The molecule has 6 nitrogen and oxygen atoms in total. The summed E-state index contributed by atoms with van der Waals surface area (Å²) in [4.78, 5) is 28.5. The number of aromatic nitrogens is 1. The molecule has 3 aliphatic rings. The van der Waals surface area contributed by atoms with Crippen molar-refractivity contribution >= 4 is 11.8 Å². The molecule has 0 radical (unpaired) electrons. The van der Waals surface area contributed by atoms with Crippen molar-refractivity contribution in [1.29, 1.82) is 0 Å². The molecule has 0 bridgehead atoms. The molecule has 0 spiro atoms. The van der Waals surface area contributed by atoms with Gasteiger partial charge >= 0.3 is 0 Å². The van der Waals surface area contributed by atoms with Crippen LogP contribution in [-0.2, 0) is 4.79 Å². The first kappa shape index (κ1) is 12.9. The van der Waals surface area contributed by atoms with Gasteiger partial charge in [-0.1, -0.05) is 5.16 Å². The van der Waals surface area contributed by atoms with Gasteiger partial charge in [0.15, 0.2) is 5.69 Å². The Kier molecular flexibility index (Phi) is 2.97. The first-order chi connectivity index (χ1) is 10.2. The molecule has 0 unspecified atom stereocenters. The van der Waals surface area contributed by atoms with Gasteiger partial charge in [0, 0.05) is 37.7 Å². The molecule has 2 amide bonds. The molecule has 6 heteroatoms. The normalized spacial score (nSPS) is 29.4. The van der Waals surface area contributed by atoms with Crippen molar-refractivity contribution in [2.45, 2.75) is 44.2 Å². The molecule has 0 N–H and O–H groups in total. The molecule has 1 aliphatic carbocycles. The second kappa shape index (κ2) is 4.86. The molecule has 1 aromatic rings. The van der Waals surface area contributed by atoms with Crippen LogP contribution in [0.5, 0.6) is 0 Å². The smallest absolute Gasteiger partial charge is 0.276 e. The van der Waals surface area contributed by atoms with Gasteiger partial charge in [0.25, 0.3) is 5.91 Å². The minimum atomic E-state index is -0.0583. The number of hydrogen-bond acceptors (Lipinski definition) is 4. The number of likely N-dealkylation sites (tertiary alicyclic amines) is 2. The molecule has 2 atom stereocenters. The topological polar surface area (TPSA) is 66.7 Å². The maximum Gasteiger partial charge on any atom is 0.276 e. The number of rotatable bonds is 2. The van der Waals surface area contributed by atoms with E-state index in [1.54, 1.807) is 6.07 Å². The van der Waals surface area contributed by atoms with Gasteiger partial charge in [-0.05, 0) is 31.6 Å². The van der Waals surface area contributed by atoms with E-state index in [0.29, 0.717) is 42.6 Å². The Hall–Kier alpha value is -1.85. The predicted octanol–water partition coefficient (Wildman–Crippen LogP) is 1.29. The van der Waals surface area contributed by atoms with Gasteiger partial charge in [0.2, 0.25) is 5.91 Å². The minimum Gasteiger partial charge on any atom is -0.364 e. The first-order valence-electron chi connectivity index (χ1n) is 7.75. The van der Waals surface area contributed by atoms with Crippen LogP contribution in [0.2, 0.25) is 0 Å². The second-order valence-corrected chi connectivity index (χ2v) is 6.32. The average Bonchev–Trinajstić information content (AvgIpc) is 3.18. The molecule has 2 saturated heterocycles. The van der Waals surface area contributed by atoms with Crippen LogP contribution in [0.3, 0.4) is 0 Å². The number of amides is 2. The summed E-state index contributed by atoms with van der Waals surface area (Å²) in [7, 11) is 0. The van der Waals surface area contributed by atoms with Gasteiger partial charge in [0.05, 0.1) is 0 Å². The van der Waals surface area contributed by atoms with Crippen molar-refractivity contribution in [3.05, 3.63) is 18.0 Å². The average molecular weight is 289 g/mol. The third-order valence-electron chi connectivity index (χ3n) is 4.95. The third kappa shape index (κ3) is 2.22. The van der Waals surface area contributed by atoms with E-state index in [4.69, 9.17) is 4.52 Å². The van der Waals surface area contributed by atoms with Crippen LogP contribution in [0, 0.1) is 5.92 Å². The summed E-state index contributed by atoms with van der Waals surface area (Å²) in [5.74, 6) is 0.667. The van der Waals surface area contributed by atoms with E-state index in [1.165, 1.54) is 6.26 Å². The van der Waals surface area contributed by atoms with E-state index in [2.05, 4.69) is 10.1 Å². The second-order valence-electron chi connectivity index (χ2n) is 6.32. The number of nitrogens with zero attached hydrogens (tertiary/aromatic N) is 3. The zero-order valence-corrected chi connectivity index (χ0v) is 11.9. The monoisotopic (exact) mass is 289 g/mol. The Bertz CT molecular complexity index is 553. The molecule has 0 aromatic carbocycles. The van der Waals surface area contributed by atoms with Crippen molar-refractivity contribution in [2.75, 3.05) is 13.1 Å². The Morgan fingerprint density at radius 3 is 2.86 bits per heavy atom. The van der Waals surface area contributed by atoms with E-state index >= 15 is 0 Å². The standard InChI is InChI=1S/C15H19N3O3/c19-14-4-1-10-9-17(15(20)12-6-8-21-16-12)7-5-13(10)18(14)11-2-3-11/h6,8,10-11,13H,1-5,7,9H2/t10-,13-/m1/s1. The molecule has 3 heterocycles. The summed E-state index contributed by atoms with van der Waals surface area (Å²) < 4.78 is 4.75. The zero-order chi connectivity index (χ0) is 14.4. The van der Waals surface area contributed by atoms with Crippen LogP contribution < -0.4 is 0 Å². The van der Waals surface area contributed by atoms with Crippen molar-refractivity contribution in [1.82, 2.24) is 15.0 Å². The molecule has 4 rings (SSSR count). The van der Waals surface area contributed by atoms with Gasteiger partial charge in [-0.2, -0.15) is 0 Å². The fourth-order valence-corrected chi connectivity index (χ4v) is 3.79. The fraction of sp³-hybridized carbons (Fsp3) is 0.667. The summed E-state index contributed by atoms with van der Waals surface area (Å²) >= 11 is 0. The maximum atomic E-state index is 12.4. The quantitative estimate of drug-likeness (QED) is 0.823. The zero-order valence-electron chi connectivity index (χ0n) is 11.9. The van der Waals surface area contributed by atoms with Crippen LogP contribution in [0.1, 0.15) is 42.6 Å². The van der Waals surface area contributed by atoms with Crippen LogP contribution in [-0.4, -0.2) is 51.9 Å². The van der Waals surface area contributed by atoms with Crippen LogP contribution in [0.25, 0.3) is 0 Å². The molecule has 112 valence electrons. The Balaban J connectivity index is 1.48. The van der Waals surface area contributed by atoms with Crippen molar-refractivity contribution in [3.8, 4) is 0 Å². The Morgan fingerprint density at radius 2 is 2.14 bits per heavy atom. The van der Waals surface area contributed by atoms with E-state index in [1.807, 2.05) is 4.90 Å². The van der Waals surface area contributed by atoms with E-state index in [-0.39, 0.29) is 5.91 Å². The number of fused-ring (bicyclic) bond motifs is 1. The number of carbonyl (C=O) groups is 2. The fourth-order valence-electron chi connectivity index (χ4n) is 3.79. The van der Waals surface area contributed by atoms with E-state index < -0.39 is 0 Å². The number of carbonyl (C=O) groups excluding carboxylic acids is 2. The lowest BCUT2D eigenvalue weighted by Crippen LogP contribution is -2.57. The molecule has 1 saturated carbocycles. The maximum absolute atomic E-state index is 12.4. The van der Waals surface area contributed by atoms with Crippen molar-refractivity contribution in [2.24, 2.45) is 5.92 Å². The lowest BCUT2D eigenvalue weighted by atomic mass is 9.83. The van der Waals surface area contributed by atoms with E-state index in [0.717, 1.165) is 32.2 Å². The summed E-state index contributed by atoms with van der Waals surface area (Å²) in [5, 5.41) is 3.73. The Morgan fingerprint density at radius 1 is 1.29 bits per heavy atom. The summed E-state index contributed by atoms with van der Waals surface area (Å²) in [5.41, 5.74) is 0.374. The Labute approximate surface area is 123 Å². The molecule has 3 fully saturated rings. The highest BCUT2D eigenvalue weighted by atomic mass is 16.5. The van der Waals surface area contributed by atoms with Gasteiger partial charge in [-0.25, -0.2) is 0 Å². The SMILES string of the molecule is O=C(c1ccon1)N1CC[C@@H]2[C@H](CCC(=O)N2C2CC2)C1. The molecule has 21 heavy (non-hydrogen) atoms. The lowest BCUT2D eigenvalue weighted by Gasteiger charge is -2.47. The highest BCUT2D eigenvalue weighted by Crippen LogP contribution is 2.39. The van der Waals surface area contributed by atoms with Gasteiger partial charge in [-0.15, -0.1) is 0 Å². The van der Waals surface area contributed by atoms with Gasteiger partial charge in [-0.3, -0.25) is 9.59 Å². The van der Waals surface area contributed by atoms with Gasteiger partial charge in [0.1, 0.15) is 6.26 Å². The van der Waals surface area contributed by atoms with Crippen LogP contribution >= 0.6 is 0 Å².